The molecule has 0 saturated heterocycles. The molecular weight excluding hydrogens is 440 g/mol. The van der Waals surface area contributed by atoms with Crippen LogP contribution in [0.2, 0.25) is 0 Å². The molecule has 0 fully saturated rings. The number of hydrogen-bond acceptors (Lipinski definition) is 4. The van der Waals surface area contributed by atoms with E-state index < -0.39 is 0 Å². The first-order chi connectivity index (χ1) is 17.0. The minimum absolute atomic E-state index is 0.0941. The fourth-order valence-electron chi connectivity index (χ4n) is 3.90. The predicted octanol–water partition coefficient (Wildman–Crippen LogP) is 5.87. The zero-order chi connectivity index (χ0) is 24.8. The van der Waals surface area contributed by atoms with Crippen molar-refractivity contribution in [2.45, 2.75) is 13.5 Å². The van der Waals surface area contributed by atoms with Crippen LogP contribution < -0.4 is 15.0 Å². The van der Waals surface area contributed by atoms with Gasteiger partial charge in [-0.15, -0.1) is 0 Å². The maximum atomic E-state index is 13.2. The van der Waals surface area contributed by atoms with Gasteiger partial charge in [-0.3, -0.25) is 9.59 Å². The Labute approximate surface area is 204 Å². The van der Waals surface area contributed by atoms with Gasteiger partial charge in [0.1, 0.15) is 11.5 Å². The van der Waals surface area contributed by atoms with Crippen molar-refractivity contribution in [1.29, 1.82) is 0 Å². The number of rotatable bonds is 7. The average Bonchev–Trinajstić information content (AvgIpc) is 2.89. The van der Waals surface area contributed by atoms with Gasteiger partial charge in [0.05, 0.1) is 13.7 Å². The Kier molecular flexibility index (Phi) is 7.12. The fraction of sp³-hybridized carbons (Fsp3) is 0.103. The lowest BCUT2D eigenvalue weighted by atomic mass is 9.94. The van der Waals surface area contributed by atoms with Crippen LogP contribution in [0.3, 0.4) is 0 Å². The van der Waals surface area contributed by atoms with E-state index >= 15 is 0 Å². The number of carbonyl (C=O) groups excluding carboxylic acids is 2. The van der Waals surface area contributed by atoms with Gasteiger partial charge >= 0.3 is 0 Å². The van der Waals surface area contributed by atoms with E-state index in [1.165, 1.54) is 19.1 Å². The summed E-state index contributed by atoms with van der Waals surface area (Å²) in [5.74, 6) is 0.485. The summed E-state index contributed by atoms with van der Waals surface area (Å²) in [7, 11) is 1.60. The Balaban J connectivity index is 1.67. The third kappa shape index (κ3) is 5.50. The monoisotopic (exact) mass is 466 g/mol. The summed E-state index contributed by atoms with van der Waals surface area (Å²) in [6, 6.07) is 28.8. The van der Waals surface area contributed by atoms with Crippen LogP contribution in [0.25, 0.3) is 11.1 Å². The van der Waals surface area contributed by atoms with Crippen molar-refractivity contribution in [3.63, 3.8) is 0 Å². The molecule has 176 valence electrons. The molecule has 0 aliphatic heterocycles. The predicted molar refractivity (Wildman–Crippen MR) is 138 cm³/mol. The van der Waals surface area contributed by atoms with Crippen LogP contribution in [0.4, 0.5) is 11.4 Å². The summed E-state index contributed by atoms with van der Waals surface area (Å²) >= 11 is 0. The molecule has 0 unspecified atom stereocenters. The summed E-state index contributed by atoms with van der Waals surface area (Å²) in [6.07, 6.45) is 0. The van der Waals surface area contributed by atoms with Crippen molar-refractivity contribution >= 4 is 23.2 Å². The molecule has 0 atom stereocenters. The molecule has 0 saturated carbocycles. The van der Waals surface area contributed by atoms with Crippen molar-refractivity contribution < 1.29 is 19.4 Å². The number of ether oxygens (including phenoxy) is 1. The van der Waals surface area contributed by atoms with Crippen molar-refractivity contribution in [3.8, 4) is 22.6 Å². The van der Waals surface area contributed by atoms with Crippen LogP contribution in [0.5, 0.6) is 11.5 Å². The molecule has 2 N–H and O–H groups in total. The molecule has 0 radical (unpaired) electrons. The lowest BCUT2D eigenvalue weighted by Gasteiger charge is -2.23. The van der Waals surface area contributed by atoms with E-state index in [0.29, 0.717) is 23.5 Å². The van der Waals surface area contributed by atoms with Gasteiger partial charge in [-0.2, -0.15) is 0 Å². The van der Waals surface area contributed by atoms with E-state index in [2.05, 4.69) is 5.32 Å². The fourth-order valence-corrected chi connectivity index (χ4v) is 3.90. The molecule has 0 spiro atoms. The SMILES string of the molecule is COc1ccc(N(Cc2ccccc2-c2ccccc2C(=O)Nc2ccc(O)cc2)C(C)=O)cc1. The minimum atomic E-state index is -0.264. The second-order valence-electron chi connectivity index (χ2n) is 8.01. The number of anilines is 2. The third-order valence-electron chi connectivity index (χ3n) is 5.70. The molecule has 35 heavy (non-hydrogen) atoms. The van der Waals surface area contributed by atoms with Crippen LogP contribution >= 0.6 is 0 Å². The highest BCUT2D eigenvalue weighted by molar-refractivity contribution is 6.09. The molecule has 6 heteroatoms. The number of nitrogens with zero attached hydrogens (tertiary/aromatic N) is 1. The number of methoxy groups -OCH3 is 1. The quantitative estimate of drug-likeness (QED) is 0.334. The summed E-state index contributed by atoms with van der Waals surface area (Å²) in [5.41, 5.74) is 4.38. The highest BCUT2D eigenvalue weighted by Gasteiger charge is 2.18. The molecule has 0 aliphatic rings. The van der Waals surface area contributed by atoms with Gasteiger partial charge in [0, 0.05) is 23.9 Å². The zero-order valence-electron chi connectivity index (χ0n) is 19.6. The first kappa shape index (κ1) is 23.6. The van der Waals surface area contributed by atoms with Gasteiger partial charge in [-0.1, -0.05) is 42.5 Å². The number of amides is 2. The smallest absolute Gasteiger partial charge is 0.256 e. The van der Waals surface area contributed by atoms with E-state index in [1.807, 2.05) is 66.7 Å². The van der Waals surface area contributed by atoms with Gasteiger partial charge in [0.15, 0.2) is 0 Å². The van der Waals surface area contributed by atoms with Crippen molar-refractivity contribution in [2.24, 2.45) is 0 Å². The van der Waals surface area contributed by atoms with Crippen LogP contribution in [0.1, 0.15) is 22.8 Å². The normalized spacial score (nSPS) is 10.5. The Morgan fingerprint density at radius 1 is 0.829 bits per heavy atom. The maximum absolute atomic E-state index is 13.2. The maximum Gasteiger partial charge on any atom is 0.256 e. The number of carbonyl (C=O) groups is 2. The van der Waals surface area contributed by atoms with E-state index in [-0.39, 0.29) is 17.6 Å². The number of nitrogens with one attached hydrogen (secondary N) is 1. The molecule has 2 amide bonds. The Hall–Kier alpha value is -4.58. The standard InChI is InChI=1S/C29H26N2O4/c1-20(32)31(23-13-17-25(35-2)18-14-23)19-21-7-3-4-8-26(21)27-9-5-6-10-28(27)29(34)30-22-11-15-24(33)16-12-22/h3-18,33H,19H2,1-2H3,(H,30,34). The Bertz CT molecular complexity index is 1330. The molecule has 6 nitrogen and oxygen atoms in total. The molecular formula is C29H26N2O4. The highest BCUT2D eigenvalue weighted by Crippen LogP contribution is 2.30. The van der Waals surface area contributed by atoms with Gasteiger partial charge in [0.25, 0.3) is 5.91 Å². The van der Waals surface area contributed by atoms with Gasteiger partial charge in [-0.25, -0.2) is 0 Å². The number of hydrogen-bond donors (Lipinski definition) is 2. The Morgan fingerprint density at radius 2 is 1.46 bits per heavy atom. The number of aromatic hydroxyl groups is 1. The molecule has 0 bridgehead atoms. The van der Waals surface area contributed by atoms with Gasteiger partial charge < -0.3 is 20.1 Å². The van der Waals surface area contributed by atoms with Crippen LogP contribution in [0, 0.1) is 0 Å². The number of benzene rings is 4. The topological polar surface area (TPSA) is 78.9 Å². The molecule has 0 aromatic heterocycles. The lowest BCUT2D eigenvalue weighted by molar-refractivity contribution is -0.116. The largest absolute Gasteiger partial charge is 0.508 e. The second kappa shape index (κ2) is 10.6. The van der Waals surface area contributed by atoms with Crippen molar-refractivity contribution in [2.75, 3.05) is 17.3 Å². The third-order valence-corrected chi connectivity index (χ3v) is 5.70. The van der Waals surface area contributed by atoms with Crippen LogP contribution in [0.15, 0.2) is 97.1 Å². The minimum Gasteiger partial charge on any atom is -0.508 e. The molecule has 4 rings (SSSR count). The van der Waals surface area contributed by atoms with Gasteiger partial charge in [-0.05, 0) is 71.3 Å². The average molecular weight is 467 g/mol. The summed E-state index contributed by atoms with van der Waals surface area (Å²) < 4.78 is 5.23. The molecule has 4 aromatic carbocycles. The highest BCUT2D eigenvalue weighted by atomic mass is 16.5. The van der Waals surface area contributed by atoms with E-state index in [9.17, 15) is 14.7 Å². The van der Waals surface area contributed by atoms with Crippen LogP contribution in [-0.4, -0.2) is 24.0 Å². The zero-order valence-corrected chi connectivity index (χ0v) is 19.6. The second-order valence-corrected chi connectivity index (χ2v) is 8.01. The number of phenolic OH excluding ortho intramolecular Hbond substituents is 1. The van der Waals surface area contributed by atoms with E-state index in [1.54, 1.807) is 30.2 Å². The van der Waals surface area contributed by atoms with E-state index in [0.717, 1.165) is 22.4 Å². The molecule has 0 aliphatic carbocycles. The van der Waals surface area contributed by atoms with E-state index in [4.69, 9.17) is 4.74 Å². The molecule has 4 aromatic rings. The Morgan fingerprint density at radius 3 is 2.11 bits per heavy atom. The number of phenols is 1. The summed E-state index contributed by atoms with van der Waals surface area (Å²) in [4.78, 5) is 27.4. The summed E-state index contributed by atoms with van der Waals surface area (Å²) in [5, 5.41) is 12.4. The lowest BCUT2D eigenvalue weighted by Crippen LogP contribution is -2.28. The summed E-state index contributed by atoms with van der Waals surface area (Å²) in [6.45, 7) is 1.87. The first-order valence-corrected chi connectivity index (χ1v) is 11.2. The van der Waals surface area contributed by atoms with Crippen molar-refractivity contribution in [3.05, 3.63) is 108 Å². The molecule has 0 heterocycles. The van der Waals surface area contributed by atoms with Crippen molar-refractivity contribution in [1.82, 2.24) is 0 Å². The van der Waals surface area contributed by atoms with Gasteiger partial charge in [0.2, 0.25) is 5.91 Å². The van der Waals surface area contributed by atoms with Crippen LogP contribution in [-0.2, 0) is 11.3 Å². The first-order valence-electron chi connectivity index (χ1n) is 11.2.